The number of nitrogens with two attached hydrogens (primary N) is 1. The molecule has 1 aliphatic heterocycles. The van der Waals surface area contributed by atoms with Gasteiger partial charge in [0.15, 0.2) is 0 Å². The van der Waals surface area contributed by atoms with Gasteiger partial charge in [-0.2, -0.15) is 0 Å². The number of fused-ring (bicyclic) bond motifs is 2. The zero-order valence-corrected chi connectivity index (χ0v) is 29.9. The van der Waals surface area contributed by atoms with Crippen molar-refractivity contribution in [2.45, 2.75) is 6.54 Å². The van der Waals surface area contributed by atoms with Crippen LogP contribution in [-0.2, 0) is 11.3 Å². The minimum Gasteiger partial charge on any atom is -0.506 e. The second-order valence-corrected chi connectivity index (χ2v) is 13.2. The summed E-state index contributed by atoms with van der Waals surface area (Å²) in [6.07, 6.45) is 3.39. The van der Waals surface area contributed by atoms with Crippen LogP contribution in [0.3, 0.4) is 0 Å². The number of hydrogen-bond donors (Lipinski definition) is 5. The first-order valence-electron chi connectivity index (χ1n) is 17.1. The molecule has 8 rings (SSSR count). The van der Waals surface area contributed by atoms with Gasteiger partial charge in [-0.25, -0.2) is 9.78 Å². The molecule has 1 amide bonds. The van der Waals surface area contributed by atoms with Gasteiger partial charge in [-0.3, -0.25) is 9.78 Å². The molecular formula is C43H31ClN6O5. The molecule has 0 saturated heterocycles. The molecule has 55 heavy (non-hydrogen) atoms. The number of aromatic hydroxyl groups is 1. The third-order valence-electron chi connectivity index (χ3n) is 9.28. The second kappa shape index (κ2) is 14.3. The molecular weight excluding hydrogens is 716 g/mol. The lowest BCUT2D eigenvalue weighted by Crippen LogP contribution is -2.23. The van der Waals surface area contributed by atoms with E-state index >= 15 is 0 Å². The van der Waals surface area contributed by atoms with Crippen LogP contribution >= 0.6 is 11.6 Å². The van der Waals surface area contributed by atoms with E-state index in [2.05, 4.69) is 15.3 Å². The largest absolute Gasteiger partial charge is 0.506 e. The number of nitrogens with one attached hydrogen (secondary N) is 3. The summed E-state index contributed by atoms with van der Waals surface area (Å²) in [5, 5.41) is 22.6. The Bertz CT molecular complexity index is 2800. The fourth-order valence-corrected chi connectivity index (χ4v) is 6.67. The molecule has 270 valence electrons. The standard InChI is InChI=1S/C43H31ClN6O5/c1-54-43(53)33-18-27(6-10-30(33)38-31-11-8-28(45)20-36(31)55-37-21-29(46)9-12-32(37)38)42(52)48-22-23-2-4-25(5-3-23)41-49-39(24-14-16-47-17-15-24)40(50-41)26-7-13-34(44)35(51)19-26/h2-21,45,51H,22,46H2,1H3,(H,48,52)(H,49,50). The summed E-state index contributed by atoms with van der Waals surface area (Å²) in [5.74, 6) is 0.0224. The molecule has 4 aromatic carbocycles. The number of nitrogen functional groups attached to an aromatic ring is 1. The molecule has 0 fully saturated rings. The maximum Gasteiger partial charge on any atom is 0.338 e. The molecule has 0 bridgehead atoms. The Hall–Kier alpha value is -7.24. The number of carbonyl (C=O) groups is 2. The number of H-pyrrole nitrogens is 1. The molecule has 2 aromatic heterocycles. The van der Waals surface area contributed by atoms with Gasteiger partial charge in [0.05, 0.1) is 34.4 Å². The number of pyridine rings is 1. The molecule has 0 radical (unpaired) electrons. The first kappa shape index (κ1) is 34.8. The summed E-state index contributed by atoms with van der Waals surface area (Å²) in [5.41, 5.74) is 14.0. The van der Waals surface area contributed by atoms with Crippen LogP contribution in [0.15, 0.2) is 126 Å². The number of aromatic nitrogens is 3. The Labute approximate surface area is 318 Å². The predicted molar refractivity (Wildman–Crippen MR) is 210 cm³/mol. The average Bonchev–Trinajstić information content (AvgIpc) is 3.66. The minimum absolute atomic E-state index is 0.0436. The van der Waals surface area contributed by atoms with Gasteiger partial charge < -0.3 is 35.7 Å². The van der Waals surface area contributed by atoms with E-state index in [4.69, 9.17) is 36.9 Å². The minimum atomic E-state index is -0.615. The first-order valence-corrected chi connectivity index (χ1v) is 17.4. The Morgan fingerprint density at radius 3 is 2.42 bits per heavy atom. The number of phenolic OH excluding ortho intramolecular Hbond substituents is 1. The lowest BCUT2D eigenvalue weighted by atomic mass is 9.89. The highest BCUT2D eigenvalue weighted by molar-refractivity contribution is 6.32. The zero-order chi connectivity index (χ0) is 38.2. The number of halogens is 1. The van der Waals surface area contributed by atoms with Crippen molar-refractivity contribution < 1.29 is 23.8 Å². The summed E-state index contributed by atoms with van der Waals surface area (Å²) in [6.45, 7) is 0.219. The number of benzene rings is 5. The van der Waals surface area contributed by atoms with Gasteiger partial charge in [0.25, 0.3) is 5.91 Å². The van der Waals surface area contributed by atoms with Gasteiger partial charge in [-0.05, 0) is 71.8 Å². The number of anilines is 1. The summed E-state index contributed by atoms with van der Waals surface area (Å²) < 4.78 is 11.3. The molecule has 2 aliphatic rings. The fraction of sp³-hybridized carbons (Fsp3) is 0.0465. The second-order valence-electron chi connectivity index (χ2n) is 12.8. The van der Waals surface area contributed by atoms with Crippen LogP contribution in [0, 0.1) is 5.41 Å². The van der Waals surface area contributed by atoms with E-state index in [1.54, 1.807) is 73.1 Å². The smallest absolute Gasteiger partial charge is 0.338 e. The number of rotatable bonds is 8. The van der Waals surface area contributed by atoms with Gasteiger partial charge in [-0.15, -0.1) is 0 Å². The van der Waals surface area contributed by atoms with Gasteiger partial charge in [0.1, 0.15) is 22.9 Å². The van der Waals surface area contributed by atoms with Crippen molar-refractivity contribution in [2.75, 3.05) is 12.8 Å². The van der Waals surface area contributed by atoms with Crippen molar-refractivity contribution in [3.05, 3.63) is 149 Å². The number of methoxy groups -OCH3 is 1. The fourth-order valence-electron chi connectivity index (χ4n) is 6.55. The summed E-state index contributed by atoms with van der Waals surface area (Å²) >= 11 is 6.08. The topological polar surface area (TPSA) is 180 Å². The summed E-state index contributed by atoms with van der Waals surface area (Å²) in [4.78, 5) is 39.2. The van der Waals surface area contributed by atoms with Crippen LogP contribution in [-0.4, -0.2) is 39.0 Å². The highest BCUT2D eigenvalue weighted by atomic mass is 35.5. The molecule has 0 spiro atoms. The number of esters is 1. The van der Waals surface area contributed by atoms with Crippen LogP contribution in [0.5, 0.6) is 5.75 Å². The Morgan fingerprint density at radius 2 is 1.65 bits per heavy atom. The molecule has 1 aliphatic carbocycles. The highest BCUT2D eigenvalue weighted by Crippen LogP contribution is 2.42. The van der Waals surface area contributed by atoms with Crippen LogP contribution in [0.4, 0.5) is 5.69 Å². The summed E-state index contributed by atoms with van der Waals surface area (Å²) in [7, 11) is 1.29. The van der Waals surface area contributed by atoms with Crippen molar-refractivity contribution in [2.24, 2.45) is 0 Å². The molecule has 12 heteroatoms. The molecule has 0 unspecified atom stereocenters. The van der Waals surface area contributed by atoms with Crippen LogP contribution in [0.1, 0.15) is 26.3 Å². The van der Waals surface area contributed by atoms with Crippen LogP contribution < -0.4 is 16.4 Å². The monoisotopic (exact) mass is 746 g/mol. The molecule has 6 N–H and O–H groups in total. The number of nitrogens with zero attached hydrogens (tertiary/aromatic N) is 2. The number of amides is 1. The molecule has 6 aromatic rings. The highest BCUT2D eigenvalue weighted by Gasteiger charge is 2.24. The third kappa shape index (κ3) is 6.76. The van der Waals surface area contributed by atoms with Gasteiger partial charge >= 0.3 is 5.97 Å². The number of phenols is 1. The van der Waals surface area contributed by atoms with Gasteiger partial charge in [0.2, 0.25) is 0 Å². The van der Waals surface area contributed by atoms with Crippen molar-refractivity contribution in [1.29, 1.82) is 5.41 Å². The van der Waals surface area contributed by atoms with Gasteiger partial charge in [0, 0.05) is 75.5 Å². The molecule has 0 atom stereocenters. The SMILES string of the molecule is COC(=O)c1cc(C(=O)NCc2ccc(-c3nc(-c4ccc(Cl)c(O)c4)c(-c4ccncc4)[nH]3)cc2)ccc1-c1c2ccc(=N)cc-2oc2cc(N)ccc12. The quantitative estimate of drug-likeness (QED) is 0.0583. The molecule has 11 nitrogen and oxygen atoms in total. The lowest BCUT2D eigenvalue weighted by Gasteiger charge is -2.18. The maximum atomic E-state index is 13.5. The van der Waals surface area contributed by atoms with E-state index in [1.165, 1.54) is 13.2 Å². The van der Waals surface area contributed by atoms with E-state index in [1.807, 2.05) is 42.5 Å². The lowest BCUT2D eigenvalue weighted by molar-refractivity contribution is 0.0601. The maximum absolute atomic E-state index is 13.5. The number of ether oxygens (including phenoxy) is 1. The summed E-state index contributed by atoms with van der Waals surface area (Å²) in [6, 6.07) is 31.5. The number of carbonyl (C=O) groups excluding carboxylic acids is 2. The first-order chi connectivity index (χ1) is 26.7. The molecule has 0 saturated carbocycles. The van der Waals surface area contributed by atoms with E-state index < -0.39 is 5.97 Å². The van der Waals surface area contributed by atoms with Crippen molar-refractivity contribution in [1.82, 2.24) is 20.3 Å². The van der Waals surface area contributed by atoms with E-state index in [-0.39, 0.29) is 39.7 Å². The van der Waals surface area contributed by atoms with Crippen LogP contribution in [0.2, 0.25) is 5.02 Å². The normalized spacial score (nSPS) is 11.2. The predicted octanol–water partition coefficient (Wildman–Crippen LogP) is 8.46. The third-order valence-corrected chi connectivity index (χ3v) is 9.59. The van der Waals surface area contributed by atoms with Crippen LogP contribution in [0.25, 0.3) is 67.3 Å². The van der Waals surface area contributed by atoms with Gasteiger partial charge in [-0.1, -0.05) is 48.0 Å². The Morgan fingerprint density at radius 1 is 0.891 bits per heavy atom. The number of hydrogen-bond acceptors (Lipinski definition) is 9. The van der Waals surface area contributed by atoms with E-state index in [0.717, 1.165) is 22.4 Å². The van der Waals surface area contributed by atoms with E-state index in [9.17, 15) is 14.7 Å². The average molecular weight is 747 g/mol. The van der Waals surface area contributed by atoms with Crippen molar-refractivity contribution in [3.8, 4) is 62.1 Å². The van der Waals surface area contributed by atoms with E-state index in [0.29, 0.717) is 56.2 Å². The molecule has 3 heterocycles. The number of aromatic amines is 1. The Balaban J connectivity index is 1.06. The van der Waals surface area contributed by atoms with Crippen molar-refractivity contribution >= 4 is 40.1 Å². The van der Waals surface area contributed by atoms with Crippen molar-refractivity contribution in [3.63, 3.8) is 0 Å². The number of imidazole rings is 1. The zero-order valence-electron chi connectivity index (χ0n) is 29.2. The Kier molecular flexibility index (Phi) is 9.05.